The molecule has 102 valence electrons. The fraction of sp³-hybridized carbons (Fsp3) is 0.125. The fourth-order valence-electron chi connectivity index (χ4n) is 2.37. The Balaban J connectivity index is 2.07. The molecule has 0 bridgehead atoms. The molecule has 0 aliphatic rings. The van der Waals surface area contributed by atoms with Gasteiger partial charge in [0.1, 0.15) is 17.1 Å². The first-order valence-corrected chi connectivity index (χ1v) is 8.36. The van der Waals surface area contributed by atoms with E-state index in [1.807, 2.05) is 37.3 Å². The zero-order valence-corrected chi connectivity index (χ0v) is 15.1. The van der Waals surface area contributed by atoms with Gasteiger partial charge in [-0.05, 0) is 75.9 Å². The van der Waals surface area contributed by atoms with Gasteiger partial charge in [-0.1, -0.05) is 18.2 Å². The van der Waals surface area contributed by atoms with Crippen LogP contribution in [0.3, 0.4) is 0 Å². The summed E-state index contributed by atoms with van der Waals surface area (Å²) in [7, 11) is 0. The van der Waals surface area contributed by atoms with Gasteiger partial charge in [-0.2, -0.15) is 0 Å². The molecule has 4 heteroatoms. The van der Waals surface area contributed by atoms with Crippen molar-refractivity contribution in [1.29, 1.82) is 0 Å². The van der Waals surface area contributed by atoms with Crippen molar-refractivity contribution in [2.45, 2.75) is 13.3 Å². The van der Waals surface area contributed by atoms with E-state index in [9.17, 15) is 5.11 Å². The maximum Gasteiger partial charge on any atom is 0.142 e. The highest BCUT2D eigenvalue weighted by Gasteiger charge is 2.13. The van der Waals surface area contributed by atoms with E-state index in [4.69, 9.17) is 4.42 Å². The van der Waals surface area contributed by atoms with E-state index in [0.29, 0.717) is 5.75 Å². The van der Waals surface area contributed by atoms with Gasteiger partial charge in [-0.25, -0.2) is 0 Å². The minimum atomic E-state index is 0.365. The van der Waals surface area contributed by atoms with E-state index in [1.54, 1.807) is 0 Å². The van der Waals surface area contributed by atoms with Gasteiger partial charge in [0.2, 0.25) is 0 Å². The number of hydrogen-bond donors (Lipinski definition) is 1. The standard InChI is InChI=1S/C16H12I2O2/c1-9-12(11-4-2-3-5-15(11)20-9)6-10-7-13(17)16(19)14(18)8-10/h2-5,7-8,19H,6H2,1H3. The first-order chi connectivity index (χ1) is 9.56. The predicted octanol–water partition coefficient (Wildman–Crippen LogP) is 5.25. The average Bonchev–Trinajstić information content (AvgIpc) is 2.73. The lowest BCUT2D eigenvalue weighted by Crippen LogP contribution is -1.92. The van der Waals surface area contributed by atoms with Crippen molar-refractivity contribution in [3.8, 4) is 5.75 Å². The van der Waals surface area contributed by atoms with Crippen molar-refractivity contribution >= 4 is 56.2 Å². The third-order valence-electron chi connectivity index (χ3n) is 3.36. The summed E-state index contributed by atoms with van der Waals surface area (Å²) in [6, 6.07) is 12.2. The highest BCUT2D eigenvalue weighted by atomic mass is 127. The van der Waals surface area contributed by atoms with Gasteiger partial charge < -0.3 is 9.52 Å². The number of phenolic OH excluding ortho intramolecular Hbond substituents is 1. The summed E-state index contributed by atoms with van der Waals surface area (Å²) >= 11 is 4.33. The zero-order valence-electron chi connectivity index (χ0n) is 10.8. The molecule has 1 N–H and O–H groups in total. The predicted molar refractivity (Wildman–Crippen MR) is 97.3 cm³/mol. The Hall–Kier alpha value is -0.760. The van der Waals surface area contributed by atoms with Crippen molar-refractivity contribution in [1.82, 2.24) is 0 Å². The summed E-state index contributed by atoms with van der Waals surface area (Å²) in [6.45, 7) is 2.01. The van der Waals surface area contributed by atoms with Gasteiger partial charge in [0.15, 0.2) is 0 Å². The van der Waals surface area contributed by atoms with E-state index >= 15 is 0 Å². The van der Waals surface area contributed by atoms with Crippen LogP contribution in [0.4, 0.5) is 0 Å². The van der Waals surface area contributed by atoms with Crippen molar-refractivity contribution < 1.29 is 9.52 Å². The number of fused-ring (bicyclic) bond motifs is 1. The first-order valence-electron chi connectivity index (χ1n) is 6.20. The molecule has 2 aromatic carbocycles. The second-order valence-corrected chi connectivity index (χ2v) is 7.04. The second kappa shape index (κ2) is 5.55. The van der Waals surface area contributed by atoms with Gasteiger partial charge in [0.25, 0.3) is 0 Å². The molecule has 0 aliphatic carbocycles. The summed E-state index contributed by atoms with van der Waals surface area (Å²) in [5, 5.41) is 11.0. The second-order valence-electron chi connectivity index (χ2n) is 4.72. The van der Waals surface area contributed by atoms with Crippen LogP contribution in [0.2, 0.25) is 0 Å². The maximum atomic E-state index is 9.85. The molecule has 0 amide bonds. The van der Waals surface area contributed by atoms with Crippen LogP contribution in [0.25, 0.3) is 11.0 Å². The SMILES string of the molecule is Cc1oc2ccccc2c1Cc1cc(I)c(O)c(I)c1. The minimum absolute atomic E-state index is 0.365. The quantitative estimate of drug-likeness (QED) is 0.499. The molecule has 3 rings (SSSR count). The number of aromatic hydroxyl groups is 1. The van der Waals surface area contributed by atoms with Gasteiger partial charge in [0.05, 0.1) is 7.14 Å². The number of phenols is 1. The fourth-order valence-corrected chi connectivity index (χ4v) is 4.26. The first kappa shape index (κ1) is 14.2. The maximum absolute atomic E-state index is 9.85. The molecule has 0 atom stereocenters. The molecular formula is C16H12I2O2. The van der Waals surface area contributed by atoms with E-state index in [2.05, 4.69) is 51.2 Å². The average molecular weight is 490 g/mol. The van der Waals surface area contributed by atoms with Crippen molar-refractivity contribution in [3.05, 3.63) is 60.4 Å². The van der Waals surface area contributed by atoms with E-state index in [-0.39, 0.29) is 0 Å². The number of aryl methyl sites for hydroxylation is 1. The summed E-state index contributed by atoms with van der Waals surface area (Å²) in [4.78, 5) is 0. The third-order valence-corrected chi connectivity index (χ3v) is 5.00. The van der Waals surface area contributed by atoms with E-state index in [1.165, 1.54) is 16.5 Å². The van der Waals surface area contributed by atoms with Crippen molar-refractivity contribution in [2.75, 3.05) is 0 Å². The van der Waals surface area contributed by atoms with Crippen LogP contribution in [-0.2, 0) is 6.42 Å². The molecule has 0 radical (unpaired) electrons. The largest absolute Gasteiger partial charge is 0.506 e. The summed E-state index contributed by atoms with van der Waals surface area (Å²) in [5.74, 6) is 1.33. The van der Waals surface area contributed by atoms with Crippen LogP contribution < -0.4 is 0 Å². The van der Waals surface area contributed by atoms with Crippen LogP contribution in [-0.4, -0.2) is 5.11 Å². The molecule has 0 fully saturated rings. The summed E-state index contributed by atoms with van der Waals surface area (Å²) in [5.41, 5.74) is 3.34. The topological polar surface area (TPSA) is 33.4 Å². The Labute approximate surface area is 144 Å². The van der Waals surface area contributed by atoms with Crippen LogP contribution in [0.1, 0.15) is 16.9 Å². The number of benzene rings is 2. The van der Waals surface area contributed by atoms with Crippen LogP contribution in [0.15, 0.2) is 40.8 Å². The highest BCUT2D eigenvalue weighted by Crippen LogP contribution is 2.31. The number of para-hydroxylation sites is 1. The molecule has 0 saturated carbocycles. The molecule has 2 nitrogen and oxygen atoms in total. The molecule has 3 aromatic rings. The normalized spacial score (nSPS) is 11.2. The molecule has 20 heavy (non-hydrogen) atoms. The van der Waals surface area contributed by atoms with Crippen LogP contribution in [0.5, 0.6) is 5.75 Å². The molecular weight excluding hydrogens is 478 g/mol. The monoisotopic (exact) mass is 490 g/mol. The summed E-state index contributed by atoms with van der Waals surface area (Å²) in [6.07, 6.45) is 0.815. The Morgan fingerprint density at radius 2 is 1.75 bits per heavy atom. The third kappa shape index (κ3) is 2.55. The lowest BCUT2D eigenvalue weighted by molar-refractivity contribution is 0.467. The number of furan rings is 1. The van der Waals surface area contributed by atoms with E-state index < -0.39 is 0 Å². The lowest BCUT2D eigenvalue weighted by Gasteiger charge is -2.06. The molecule has 0 spiro atoms. The lowest BCUT2D eigenvalue weighted by atomic mass is 10.0. The van der Waals surface area contributed by atoms with Crippen molar-refractivity contribution in [2.24, 2.45) is 0 Å². The van der Waals surface area contributed by atoms with Gasteiger partial charge in [0, 0.05) is 17.4 Å². The highest BCUT2D eigenvalue weighted by molar-refractivity contribution is 14.1. The molecule has 0 aliphatic heterocycles. The van der Waals surface area contributed by atoms with Crippen molar-refractivity contribution in [3.63, 3.8) is 0 Å². The van der Waals surface area contributed by atoms with Crippen LogP contribution >= 0.6 is 45.2 Å². The van der Waals surface area contributed by atoms with Gasteiger partial charge >= 0.3 is 0 Å². The van der Waals surface area contributed by atoms with Crippen LogP contribution in [0, 0.1) is 14.1 Å². The Morgan fingerprint density at radius 1 is 1.10 bits per heavy atom. The summed E-state index contributed by atoms with van der Waals surface area (Å²) < 4.78 is 7.57. The molecule has 0 saturated heterocycles. The Bertz CT molecular complexity index is 767. The molecule has 1 heterocycles. The Kier molecular flexibility index (Phi) is 3.94. The van der Waals surface area contributed by atoms with Gasteiger partial charge in [-0.15, -0.1) is 0 Å². The number of rotatable bonds is 2. The Morgan fingerprint density at radius 3 is 2.45 bits per heavy atom. The smallest absolute Gasteiger partial charge is 0.142 e. The molecule has 0 unspecified atom stereocenters. The minimum Gasteiger partial charge on any atom is -0.506 e. The molecule has 1 aromatic heterocycles. The van der Waals surface area contributed by atoms with E-state index in [0.717, 1.165) is 24.9 Å². The number of hydrogen-bond acceptors (Lipinski definition) is 2. The zero-order chi connectivity index (χ0) is 14.3. The number of halogens is 2. The van der Waals surface area contributed by atoms with Gasteiger partial charge in [-0.3, -0.25) is 0 Å².